The molecule has 0 fully saturated rings. The summed E-state index contributed by atoms with van der Waals surface area (Å²) in [7, 11) is 0. The predicted octanol–water partition coefficient (Wildman–Crippen LogP) is 2.05. The van der Waals surface area contributed by atoms with Crippen molar-refractivity contribution in [2.75, 3.05) is 5.43 Å². The number of nitrogen functional groups attached to an aromatic ring is 1. The van der Waals surface area contributed by atoms with Gasteiger partial charge in [0.25, 0.3) is 5.91 Å². The van der Waals surface area contributed by atoms with Crippen molar-refractivity contribution in [1.82, 2.24) is 10.3 Å². The van der Waals surface area contributed by atoms with Crippen molar-refractivity contribution in [2.45, 2.75) is 20.4 Å². The number of hydrogen-bond donors (Lipinski definition) is 3. The molecule has 0 aliphatic heterocycles. The first-order chi connectivity index (χ1) is 10.0. The van der Waals surface area contributed by atoms with Crippen LogP contribution in [0.1, 0.15) is 27.2 Å². The fraction of sp³-hybridized carbons (Fsp3) is 0.200. The number of aromatic nitrogens is 1. The van der Waals surface area contributed by atoms with Crippen LogP contribution >= 0.6 is 0 Å². The van der Waals surface area contributed by atoms with Gasteiger partial charge in [0.15, 0.2) is 0 Å². The lowest BCUT2D eigenvalue weighted by Crippen LogP contribution is -2.24. The fourth-order valence-electron chi connectivity index (χ4n) is 2.06. The summed E-state index contributed by atoms with van der Waals surface area (Å²) in [4.78, 5) is 16.0. The summed E-state index contributed by atoms with van der Waals surface area (Å²) in [6.07, 6.45) is 1.50. The summed E-state index contributed by atoms with van der Waals surface area (Å²) in [5, 5.41) is 2.75. The normalized spacial score (nSPS) is 10.3. The number of nitrogens with two attached hydrogens (primary N) is 1. The number of anilines is 1. The van der Waals surface area contributed by atoms with Gasteiger partial charge >= 0.3 is 0 Å². The Bertz CT molecular complexity index is 649. The van der Waals surface area contributed by atoms with Crippen molar-refractivity contribution < 1.29 is 9.18 Å². The van der Waals surface area contributed by atoms with E-state index in [1.165, 1.54) is 6.20 Å². The Morgan fingerprint density at radius 3 is 2.57 bits per heavy atom. The van der Waals surface area contributed by atoms with E-state index < -0.39 is 0 Å². The maximum atomic E-state index is 13.5. The molecule has 0 atom stereocenters. The quantitative estimate of drug-likeness (QED) is 0.594. The van der Waals surface area contributed by atoms with Crippen LogP contribution < -0.4 is 16.6 Å². The molecule has 1 heterocycles. The largest absolute Gasteiger partial charge is 0.347 e. The molecule has 0 aliphatic carbocycles. The molecular weight excluding hydrogens is 271 g/mol. The number of aryl methyl sites for hydroxylation is 2. The van der Waals surface area contributed by atoms with Crippen LogP contribution in [0.4, 0.5) is 10.1 Å². The number of hydrazine groups is 1. The SMILES string of the molecule is Cc1cc(CNC(=O)c2cc(NN)ccn2)cc(C)c1F. The first-order valence-corrected chi connectivity index (χ1v) is 6.47. The summed E-state index contributed by atoms with van der Waals surface area (Å²) in [5.74, 6) is 4.76. The van der Waals surface area contributed by atoms with Gasteiger partial charge in [0, 0.05) is 12.7 Å². The maximum absolute atomic E-state index is 13.5. The monoisotopic (exact) mass is 288 g/mol. The molecule has 0 unspecified atom stereocenters. The molecule has 1 amide bonds. The van der Waals surface area contributed by atoms with E-state index in [0.29, 0.717) is 23.4 Å². The molecule has 0 aliphatic rings. The molecule has 2 rings (SSSR count). The second-order valence-electron chi connectivity index (χ2n) is 4.80. The first kappa shape index (κ1) is 14.9. The summed E-state index contributed by atoms with van der Waals surface area (Å²) in [6, 6.07) is 6.64. The average molecular weight is 288 g/mol. The molecule has 0 saturated carbocycles. The molecule has 5 nitrogen and oxygen atoms in total. The van der Waals surface area contributed by atoms with E-state index in [1.54, 1.807) is 38.1 Å². The lowest BCUT2D eigenvalue weighted by molar-refractivity contribution is 0.0946. The molecule has 4 N–H and O–H groups in total. The highest BCUT2D eigenvalue weighted by Gasteiger charge is 2.09. The summed E-state index contributed by atoms with van der Waals surface area (Å²) >= 11 is 0. The minimum Gasteiger partial charge on any atom is -0.347 e. The predicted molar refractivity (Wildman–Crippen MR) is 79.1 cm³/mol. The fourth-order valence-corrected chi connectivity index (χ4v) is 2.06. The number of halogens is 1. The second kappa shape index (κ2) is 6.32. The first-order valence-electron chi connectivity index (χ1n) is 6.47. The zero-order valence-corrected chi connectivity index (χ0v) is 11.9. The smallest absolute Gasteiger partial charge is 0.270 e. The van der Waals surface area contributed by atoms with Crippen LogP contribution in [0, 0.1) is 19.7 Å². The molecule has 0 bridgehead atoms. The molecule has 0 spiro atoms. The number of carbonyl (C=O) groups is 1. The third kappa shape index (κ3) is 3.55. The van der Waals surface area contributed by atoms with Crippen molar-refractivity contribution in [2.24, 2.45) is 5.84 Å². The van der Waals surface area contributed by atoms with E-state index >= 15 is 0 Å². The van der Waals surface area contributed by atoms with E-state index in [4.69, 9.17) is 5.84 Å². The van der Waals surface area contributed by atoms with E-state index in [-0.39, 0.29) is 17.4 Å². The van der Waals surface area contributed by atoms with Crippen LogP contribution in [0.2, 0.25) is 0 Å². The van der Waals surface area contributed by atoms with Crippen molar-refractivity contribution in [3.8, 4) is 0 Å². The number of nitrogens with zero attached hydrogens (tertiary/aromatic N) is 1. The van der Waals surface area contributed by atoms with E-state index in [2.05, 4.69) is 15.7 Å². The lowest BCUT2D eigenvalue weighted by Gasteiger charge is -2.09. The summed E-state index contributed by atoms with van der Waals surface area (Å²) in [5.41, 5.74) is 5.29. The molecule has 2 aromatic rings. The Morgan fingerprint density at radius 1 is 1.29 bits per heavy atom. The highest BCUT2D eigenvalue weighted by atomic mass is 19.1. The number of amides is 1. The molecule has 21 heavy (non-hydrogen) atoms. The third-order valence-corrected chi connectivity index (χ3v) is 3.11. The topological polar surface area (TPSA) is 80.0 Å². The second-order valence-corrected chi connectivity index (χ2v) is 4.80. The maximum Gasteiger partial charge on any atom is 0.270 e. The van der Waals surface area contributed by atoms with Gasteiger partial charge in [-0.15, -0.1) is 0 Å². The average Bonchev–Trinajstić information content (AvgIpc) is 2.50. The van der Waals surface area contributed by atoms with Crippen molar-refractivity contribution >= 4 is 11.6 Å². The van der Waals surface area contributed by atoms with Crippen LogP contribution in [-0.2, 0) is 6.54 Å². The standard InChI is InChI=1S/C15H17FN4O/c1-9-5-11(6-10(2)14(9)16)8-19-15(21)13-7-12(20-17)3-4-18-13/h3-7H,8,17H2,1-2H3,(H,18,20)(H,19,21). The third-order valence-electron chi connectivity index (χ3n) is 3.11. The van der Waals surface area contributed by atoms with Crippen LogP contribution in [-0.4, -0.2) is 10.9 Å². The Balaban J connectivity index is 2.07. The van der Waals surface area contributed by atoms with Crippen LogP contribution in [0.15, 0.2) is 30.5 Å². The van der Waals surface area contributed by atoms with Crippen LogP contribution in [0.5, 0.6) is 0 Å². The molecule has 0 saturated heterocycles. The number of nitrogens with one attached hydrogen (secondary N) is 2. The number of hydrogen-bond acceptors (Lipinski definition) is 4. The number of pyridine rings is 1. The van der Waals surface area contributed by atoms with Gasteiger partial charge in [-0.1, -0.05) is 12.1 Å². The summed E-state index contributed by atoms with van der Waals surface area (Å²) < 4.78 is 13.5. The zero-order valence-electron chi connectivity index (χ0n) is 11.9. The van der Waals surface area contributed by atoms with E-state index in [1.807, 2.05) is 0 Å². The minimum absolute atomic E-state index is 0.214. The van der Waals surface area contributed by atoms with E-state index in [9.17, 15) is 9.18 Å². The van der Waals surface area contributed by atoms with Gasteiger partial charge in [-0.2, -0.15) is 0 Å². The number of benzene rings is 1. The number of carbonyl (C=O) groups excluding carboxylic acids is 1. The Morgan fingerprint density at radius 2 is 1.95 bits per heavy atom. The summed E-state index contributed by atoms with van der Waals surface area (Å²) in [6.45, 7) is 3.71. The Hall–Kier alpha value is -2.47. The lowest BCUT2D eigenvalue weighted by atomic mass is 10.1. The van der Waals surface area contributed by atoms with Gasteiger partial charge in [0.2, 0.25) is 0 Å². The molecule has 110 valence electrons. The van der Waals surface area contributed by atoms with Crippen LogP contribution in [0.3, 0.4) is 0 Å². The molecule has 1 aromatic heterocycles. The Kier molecular flexibility index (Phi) is 4.49. The van der Waals surface area contributed by atoms with Crippen molar-refractivity contribution in [1.29, 1.82) is 0 Å². The van der Waals surface area contributed by atoms with Crippen LogP contribution in [0.25, 0.3) is 0 Å². The Labute approximate surface area is 122 Å². The molecular formula is C15H17FN4O. The van der Waals surface area contributed by atoms with Gasteiger partial charge in [-0.3, -0.25) is 15.6 Å². The van der Waals surface area contributed by atoms with Crippen molar-refractivity contribution in [3.05, 3.63) is 58.7 Å². The van der Waals surface area contributed by atoms with Gasteiger partial charge < -0.3 is 10.7 Å². The van der Waals surface area contributed by atoms with Gasteiger partial charge in [-0.05, 0) is 42.7 Å². The van der Waals surface area contributed by atoms with Crippen molar-refractivity contribution in [3.63, 3.8) is 0 Å². The highest BCUT2D eigenvalue weighted by Crippen LogP contribution is 2.14. The van der Waals surface area contributed by atoms with Gasteiger partial charge in [-0.25, -0.2) is 4.39 Å². The zero-order chi connectivity index (χ0) is 15.4. The molecule has 1 aromatic carbocycles. The van der Waals surface area contributed by atoms with E-state index in [0.717, 1.165) is 5.56 Å². The molecule has 6 heteroatoms. The van der Waals surface area contributed by atoms with Gasteiger partial charge in [0.1, 0.15) is 11.5 Å². The minimum atomic E-state index is -0.313. The van der Waals surface area contributed by atoms with Gasteiger partial charge in [0.05, 0.1) is 5.69 Å². The highest BCUT2D eigenvalue weighted by molar-refractivity contribution is 5.93. The molecule has 0 radical (unpaired) electrons. The number of rotatable bonds is 4.